The smallest absolute Gasteiger partial charge is 0.136 e. The van der Waals surface area contributed by atoms with Crippen molar-refractivity contribution in [1.29, 1.82) is 0 Å². The predicted molar refractivity (Wildman–Crippen MR) is 202 cm³/mol. The van der Waals surface area contributed by atoms with E-state index in [1.54, 1.807) is 0 Å². The Morgan fingerprint density at radius 3 is 1.71 bits per heavy atom. The van der Waals surface area contributed by atoms with Gasteiger partial charge in [0.15, 0.2) is 0 Å². The van der Waals surface area contributed by atoms with E-state index in [4.69, 9.17) is 4.42 Å². The summed E-state index contributed by atoms with van der Waals surface area (Å²) in [5.74, 6) is 0. The molecule has 48 heavy (non-hydrogen) atoms. The number of hydrogen-bond donors (Lipinski definition) is 0. The number of benzene rings is 8. The minimum atomic E-state index is 0.924. The predicted octanol–water partition coefficient (Wildman–Crippen LogP) is 13.2. The van der Waals surface area contributed by atoms with Gasteiger partial charge < -0.3 is 9.32 Å². The molecule has 0 bridgehead atoms. The molecule has 0 saturated carbocycles. The third kappa shape index (κ3) is 4.92. The van der Waals surface area contributed by atoms with E-state index in [1.807, 2.05) is 12.1 Å². The van der Waals surface area contributed by atoms with Crippen molar-refractivity contribution in [3.05, 3.63) is 188 Å². The molecule has 0 fully saturated rings. The first-order valence-electron chi connectivity index (χ1n) is 16.3. The molecule has 2 nitrogen and oxygen atoms in total. The zero-order chi connectivity index (χ0) is 31.9. The fourth-order valence-corrected chi connectivity index (χ4v) is 6.93. The molecule has 0 amide bonds. The van der Waals surface area contributed by atoms with Crippen LogP contribution in [0.3, 0.4) is 0 Å². The summed E-state index contributed by atoms with van der Waals surface area (Å²) in [5, 5.41) is 4.74. The second kappa shape index (κ2) is 11.8. The van der Waals surface area contributed by atoms with Crippen molar-refractivity contribution in [3.63, 3.8) is 0 Å². The van der Waals surface area contributed by atoms with Gasteiger partial charge in [-0.2, -0.15) is 0 Å². The molecule has 0 unspecified atom stereocenters. The van der Waals surface area contributed by atoms with Crippen LogP contribution in [0.5, 0.6) is 0 Å². The average molecular weight is 614 g/mol. The minimum Gasteiger partial charge on any atom is -0.456 e. The summed E-state index contributed by atoms with van der Waals surface area (Å²) < 4.78 is 6.14. The zero-order valence-corrected chi connectivity index (χ0v) is 26.3. The molecule has 0 radical (unpaired) electrons. The number of fused-ring (bicyclic) bond motifs is 5. The maximum atomic E-state index is 6.14. The summed E-state index contributed by atoms with van der Waals surface area (Å²) in [6.45, 7) is 0. The fourth-order valence-electron chi connectivity index (χ4n) is 6.93. The Morgan fingerprint density at radius 2 is 0.938 bits per heavy atom. The molecule has 1 aromatic heterocycles. The van der Waals surface area contributed by atoms with E-state index in [-0.39, 0.29) is 0 Å². The molecule has 226 valence electrons. The van der Waals surface area contributed by atoms with Gasteiger partial charge in [0, 0.05) is 27.7 Å². The van der Waals surface area contributed by atoms with Crippen molar-refractivity contribution >= 4 is 49.8 Å². The van der Waals surface area contributed by atoms with Crippen LogP contribution in [0.25, 0.3) is 66.1 Å². The summed E-state index contributed by atoms with van der Waals surface area (Å²) in [6.07, 6.45) is 0. The van der Waals surface area contributed by atoms with Gasteiger partial charge in [-0.05, 0) is 93.2 Å². The average Bonchev–Trinajstić information content (AvgIpc) is 3.56. The fraction of sp³-hybridized carbons (Fsp3) is 0. The van der Waals surface area contributed by atoms with Gasteiger partial charge in [-0.25, -0.2) is 0 Å². The van der Waals surface area contributed by atoms with Gasteiger partial charge in [-0.15, -0.1) is 0 Å². The van der Waals surface area contributed by atoms with Crippen molar-refractivity contribution in [1.82, 2.24) is 0 Å². The highest BCUT2D eigenvalue weighted by atomic mass is 16.3. The van der Waals surface area contributed by atoms with E-state index in [0.29, 0.717) is 0 Å². The van der Waals surface area contributed by atoms with Crippen LogP contribution in [-0.4, -0.2) is 0 Å². The Morgan fingerprint density at radius 1 is 0.354 bits per heavy atom. The van der Waals surface area contributed by atoms with Gasteiger partial charge in [0.25, 0.3) is 0 Å². The van der Waals surface area contributed by atoms with E-state index < -0.39 is 0 Å². The summed E-state index contributed by atoms with van der Waals surface area (Å²) in [6, 6.07) is 67.0. The quantitative estimate of drug-likeness (QED) is 0.185. The summed E-state index contributed by atoms with van der Waals surface area (Å²) >= 11 is 0. The lowest BCUT2D eigenvalue weighted by molar-refractivity contribution is 0.669. The highest BCUT2D eigenvalue weighted by Crippen LogP contribution is 2.43. The highest BCUT2D eigenvalue weighted by Gasteiger charge is 2.18. The van der Waals surface area contributed by atoms with Crippen LogP contribution < -0.4 is 4.90 Å². The number of anilines is 3. The van der Waals surface area contributed by atoms with Gasteiger partial charge >= 0.3 is 0 Å². The summed E-state index contributed by atoms with van der Waals surface area (Å²) in [4.78, 5) is 2.36. The molecule has 2 heteroatoms. The number of nitrogens with zero attached hydrogens (tertiary/aromatic N) is 1. The van der Waals surface area contributed by atoms with Crippen LogP contribution in [0, 0.1) is 0 Å². The second-order valence-corrected chi connectivity index (χ2v) is 12.2. The lowest BCUT2D eigenvalue weighted by Crippen LogP contribution is -2.11. The number of hydrogen-bond acceptors (Lipinski definition) is 2. The van der Waals surface area contributed by atoms with Crippen molar-refractivity contribution in [2.75, 3.05) is 4.90 Å². The first-order chi connectivity index (χ1) is 23.8. The molecule has 0 aliphatic carbocycles. The Labute approximate surface area is 279 Å². The van der Waals surface area contributed by atoms with Crippen LogP contribution >= 0.6 is 0 Å². The maximum Gasteiger partial charge on any atom is 0.136 e. The molecule has 1 heterocycles. The van der Waals surface area contributed by atoms with Gasteiger partial charge in [0.2, 0.25) is 0 Å². The topological polar surface area (TPSA) is 16.4 Å². The standard InChI is InChI=1S/C46H31NO/c1-4-12-32(13-5-1)36-23-28-43(42(31-36)34-14-6-2-7-15-34)47(38-16-8-3-9-17-38)39-25-20-33(21-26-39)35-22-27-40-37(30-35)24-29-45-46(40)41-18-10-11-19-44(41)48-45/h1-31H. The second-order valence-electron chi connectivity index (χ2n) is 12.2. The normalized spacial score (nSPS) is 11.3. The SMILES string of the molecule is c1ccc(-c2ccc(N(c3ccccc3)c3ccc(-c4ccc5c(ccc6oc7ccccc7c65)c4)cc3)c(-c3ccccc3)c2)cc1. The monoisotopic (exact) mass is 613 g/mol. The van der Waals surface area contributed by atoms with Crippen LogP contribution in [0.15, 0.2) is 192 Å². The molecule has 9 rings (SSSR count). The lowest BCUT2D eigenvalue weighted by atomic mass is 9.96. The molecule has 9 aromatic rings. The van der Waals surface area contributed by atoms with Crippen LogP contribution in [0.4, 0.5) is 17.1 Å². The first-order valence-corrected chi connectivity index (χ1v) is 16.3. The van der Waals surface area contributed by atoms with E-state index in [9.17, 15) is 0 Å². The molecular formula is C46H31NO. The van der Waals surface area contributed by atoms with Crippen molar-refractivity contribution in [2.45, 2.75) is 0 Å². The van der Waals surface area contributed by atoms with Gasteiger partial charge in [0.1, 0.15) is 11.2 Å². The molecule has 0 atom stereocenters. The van der Waals surface area contributed by atoms with Gasteiger partial charge in [-0.3, -0.25) is 0 Å². The third-order valence-electron chi connectivity index (χ3n) is 9.26. The molecule has 0 saturated heterocycles. The Hall–Kier alpha value is -6.38. The summed E-state index contributed by atoms with van der Waals surface area (Å²) in [7, 11) is 0. The molecular weight excluding hydrogens is 583 g/mol. The minimum absolute atomic E-state index is 0.924. The number of rotatable bonds is 6. The zero-order valence-electron chi connectivity index (χ0n) is 26.3. The largest absolute Gasteiger partial charge is 0.456 e. The molecule has 0 aliphatic heterocycles. The first kappa shape index (κ1) is 27.9. The lowest BCUT2D eigenvalue weighted by Gasteiger charge is -2.28. The van der Waals surface area contributed by atoms with Gasteiger partial charge in [-0.1, -0.05) is 133 Å². The van der Waals surface area contributed by atoms with Crippen molar-refractivity contribution in [2.24, 2.45) is 0 Å². The van der Waals surface area contributed by atoms with E-state index in [1.165, 1.54) is 49.5 Å². The number of para-hydroxylation sites is 2. The summed E-state index contributed by atoms with van der Waals surface area (Å²) in [5.41, 5.74) is 12.3. The Bertz CT molecular complexity index is 2530. The Balaban J connectivity index is 1.15. The van der Waals surface area contributed by atoms with Crippen LogP contribution in [0.2, 0.25) is 0 Å². The van der Waals surface area contributed by atoms with Crippen LogP contribution in [0.1, 0.15) is 0 Å². The van der Waals surface area contributed by atoms with E-state index >= 15 is 0 Å². The Kier molecular flexibility index (Phi) is 6.84. The van der Waals surface area contributed by atoms with Gasteiger partial charge in [0.05, 0.1) is 5.69 Å². The molecule has 0 spiro atoms. The highest BCUT2D eigenvalue weighted by molar-refractivity contribution is 6.19. The third-order valence-corrected chi connectivity index (χ3v) is 9.26. The van der Waals surface area contributed by atoms with E-state index in [0.717, 1.165) is 33.6 Å². The maximum absolute atomic E-state index is 6.14. The molecule has 8 aromatic carbocycles. The molecule has 0 N–H and O–H groups in total. The van der Waals surface area contributed by atoms with E-state index in [2.05, 4.69) is 181 Å². The molecule has 0 aliphatic rings. The van der Waals surface area contributed by atoms with Crippen LogP contribution in [-0.2, 0) is 0 Å². The number of furan rings is 1. The van der Waals surface area contributed by atoms with Crippen molar-refractivity contribution in [3.8, 4) is 33.4 Å². The van der Waals surface area contributed by atoms with Crippen molar-refractivity contribution < 1.29 is 4.42 Å².